The normalized spacial score (nSPS) is 10.1. The average Bonchev–Trinajstić information content (AvgIpc) is 2.86. The molecule has 1 amide bonds. The minimum atomic E-state index is -1.12. The smallest absolute Gasteiger partial charge is 0.371 e. The van der Waals surface area contributed by atoms with Gasteiger partial charge in [-0.1, -0.05) is 30.0 Å². The molecule has 0 spiro atoms. The number of para-hydroxylation sites is 1. The number of carboxylic acid groups (broad SMARTS) is 1. The van der Waals surface area contributed by atoms with E-state index in [0.717, 1.165) is 17.4 Å². The number of nitrogens with one attached hydrogen (secondary N) is 1. The van der Waals surface area contributed by atoms with E-state index >= 15 is 0 Å². The molecule has 0 unspecified atom stereocenters. The van der Waals surface area contributed by atoms with Crippen LogP contribution in [0.15, 0.2) is 52.0 Å². The monoisotopic (exact) mass is 277 g/mol. The van der Waals surface area contributed by atoms with E-state index < -0.39 is 5.97 Å². The molecule has 1 aromatic heterocycles. The minimum Gasteiger partial charge on any atom is -0.475 e. The maximum absolute atomic E-state index is 11.6. The lowest BCUT2D eigenvalue weighted by atomic mass is 10.3. The third kappa shape index (κ3) is 3.89. The number of carboxylic acids is 1. The second-order valence-electron chi connectivity index (χ2n) is 3.63. The van der Waals surface area contributed by atoms with Crippen molar-refractivity contribution in [1.29, 1.82) is 0 Å². The summed E-state index contributed by atoms with van der Waals surface area (Å²) >= 11 is 1.14. The van der Waals surface area contributed by atoms with Crippen molar-refractivity contribution in [2.75, 3.05) is 11.1 Å². The maximum atomic E-state index is 11.6. The molecule has 0 atom stereocenters. The van der Waals surface area contributed by atoms with Gasteiger partial charge in [0.25, 0.3) is 0 Å². The molecule has 1 aromatic carbocycles. The van der Waals surface area contributed by atoms with Crippen LogP contribution in [0.5, 0.6) is 0 Å². The summed E-state index contributed by atoms with van der Waals surface area (Å²) < 4.78 is 5.03. The van der Waals surface area contributed by atoms with Gasteiger partial charge in [-0.25, -0.2) is 4.79 Å². The van der Waals surface area contributed by atoms with Crippen LogP contribution in [0.25, 0.3) is 0 Å². The predicted molar refractivity (Wildman–Crippen MR) is 71.5 cm³/mol. The summed E-state index contributed by atoms with van der Waals surface area (Å²) in [6.45, 7) is 0. The number of thioether (sulfide) groups is 1. The quantitative estimate of drug-likeness (QED) is 0.821. The predicted octanol–water partition coefficient (Wildman–Crippen LogP) is 2.71. The molecule has 1 heterocycles. The molecule has 0 fully saturated rings. The number of amides is 1. The molecule has 0 aliphatic carbocycles. The molecule has 98 valence electrons. The fraction of sp³-hybridized carbons (Fsp3) is 0.0769. The van der Waals surface area contributed by atoms with Crippen LogP contribution >= 0.6 is 11.8 Å². The third-order valence-corrected chi connectivity index (χ3v) is 3.11. The van der Waals surface area contributed by atoms with Crippen molar-refractivity contribution >= 4 is 29.3 Å². The van der Waals surface area contributed by atoms with E-state index in [0.29, 0.717) is 5.09 Å². The number of hydrogen-bond donors (Lipinski definition) is 2. The molecule has 2 N–H and O–H groups in total. The molecular formula is C13H11NO4S. The molecular weight excluding hydrogens is 266 g/mol. The summed E-state index contributed by atoms with van der Waals surface area (Å²) in [5, 5.41) is 11.8. The molecule has 5 nitrogen and oxygen atoms in total. The van der Waals surface area contributed by atoms with Gasteiger partial charge in [0.15, 0.2) is 5.09 Å². The Morgan fingerprint density at radius 2 is 1.89 bits per heavy atom. The van der Waals surface area contributed by atoms with Gasteiger partial charge in [-0.05, 0) is 24.3 Å². The molecule has 0 radical (unpaired) electrons. The van der Waals surface area contributed by atoms with Gasteiger partial charge in [0.05, 0.1) is 5.75 Å². The summed E-state index contributed by atoms with van der Waals surface area (Å²) in [7, 11) is 0. The van der Waals surface area contributed by atoms with Crippen LogP contribution in [0.3, 0.4) is 0 Å². The van der Waals surface area contributed by atoms with Crippen LogP contribution < -0.4 is 5.32 Å². The molecule has 0 bridgehead atoms. The fourth-order valence-electron chi connectivity index (χ4n) is 1.37. The van der Waals surface area contributed by atoms with Crippen molar-refractivity contribution in [3.05, 3.63) is 48.2 Å². The number of furan rings is 1. The second-order valence-corrected chi connectivity index (χ2v) is 4.61. The van der Waals surface area contributed by atoms with Gasteiger partial charge in [0, 0.05) is 5.69 Å². The maximum Gasteiger partial charge on any atom is 0.371 e. The van der Waals surface area contributed by atoms with Crippen LogP contribution in [0.1, 0.15) is 10.6 Å². The summed E-state index contributed by atoms with van der Waals surface area (Å²) in [5.41, 5.74) is 0.721. The zero-order valence-corrected chi connectivity index (χ0v) is 10.6. The van der Waals surface area contributed by atoms with E-state index in [9.17, 15) is 9.59 Å². The van der Waals surface area contributed by atoms with Crippen LogP contribution in [-0.2, 0) is 4.79 Å². The van der Waals surface area contributed by atoms with E-state index in [2.05, 4.69) is 5.32 Å². The summed E-state index contributed by atoms with van der Waals surface area (Å²) in [5.74, 6) is -1.28. The van der Waals surface area contributed by atoms with Gasteiger partial charge in [-0.15, -0.1) is 0 Å². The third-order valence-electron chi connectivity index (χ3n) is 2.20. The molecule has 0 aliphatic rings. The van der Waals surface area contributed by atoms with Gasteiger partial charge < -0.3 is 14.8 Å². The van der Waals surface area contributed by atoms with E-state index in [1.54, 1.807) is 12.1 Å². The number of rotatable bonds is 5. The highest BCUT2D eigenvalue weighted by molar-refractivity contribution is 7.99. The Labute approximate surface area is 113 Å². The van der Waals surface area contributed by atoms with Gasteiger partial charge in [0.1, 0.15) is 0 Å². The van der Waals surface area contributed by atoms with Crippen molar-refractivity contribution in [3.8, 4) is 0 Å². The van der Waals surface area contributed by atoms with E-state index in [1.807, 2.05) is 18.2 Å². The lowest BCUT2D eigenvalue weighted by Gasteiger charge is -2.03. The molecule has 0 saturated carbocycles. The number of aromatic carboxylic acids is 1. The number of benzene rings is 1. The second kappa shape index (κ2) is 6.10. The molecule has 0 aliphatic heterocycles. The molecule has 6 heteroatoms. The average molecular weight is 277 g/mol. The largest absolute Gasteiger partial charge is 0.475 e. The highest BCUT2D eigenvalue weighted by Gasteiger charge is 2.10. The van der Waals surface area contributed by atoms with Crippen molar-refractivity contribution in [2.24, 2.45) is 0 Å². The van der Waals surface area contributed by atoms with Crippen LogP contribution in [0, 0.1) is 0 Å². The fourth-order valence-corrected chi connectivity index (χ4v) is 2.03. The first-order valence-electron chi connectivity index (χ1n) is 5.46. The van der Waals surface area contributed by atoms with Gasteiger partial charge >= 0.3 is 5.97 Å². The van der Waals surface area contributed by atoms with Crippen LogP contribution in [-0.4, -0.2) is 22.7 Å². The number of anilines is 1. The first-order chi connectivity index (χ1) is 9.15. The summed E-state index contributed by atoms with van der Waals surface area (Å²) in [4.78, 5) is 22.2. The Morgan fingerprint density at radius 1 is 1.16 bits per heavy atom. The topological polar surface area (TPSA) is 79.5 Å². The Kier molecular flexibility index (Phi) is 4.25. The Bertz CT molecular complexity index is 579. The number of carbonyl (C=O) groups is 2. The Morgan fingerprint density at radius 3 is 2.53 bits per heavy atom. The first kappa shape index (κ1) is 13.2. The zero-order valence-electron chi connectivity index (χ0n) is 9.83. The highest BCUT2D eigenvalue weighted by Crippen LogP contribution is 2.21. The van der Waals surface area contributed by atoms with Crippen molar-refractivity contribution in [2.45, 2.75) is 5.09 Å². The Hall–Kier alpha value is -2.21. The molecule has 0 saturated heterocycles. The van der Waals surface area contributed by atoms with Gasteiger partial charge in [0.2, 0.25) is 11.7 Å². The summed E-state index contributed by atoms with van der Waals surface area (Å²) in [6, 6.07) is 12.0. The SMILES string of the molecule is O=C(CSc1ccc(C(=O)O)o1)Nc1ccccc1. The van der Waals surface area contributed by atoms with E-state index in [4.69, 9.17) is 9.52 Å². The van der Waals surface area contributed by atoms with Crippen molar-refractivity contribution in [3.63, 3.8) is 0 Å². The molecule has 2 rings (SSSR count). The zero-order chi connectivity index (χ0) is 13.7. The van der Waals surface area contributed by atoms with Crippen molar-refractivity contribution in [1.82, 2.24) is 0 Å². The lowest BCUT2D eigenvalue weighted by molar-refractivity contribution is -0.113. The van der Waals surface area contributed by atoms with E-state index in [1.165, 1.54) is 12.1 Å². The van der Waals surface area contributed by atoms with Crippen LogP contribution in [0.2, 0.25) is 0 Å². The van der Waals surface area contributed by atoms with Crippen LogP contribution in [0.4, 0.5) is 5.69 Å². The lowest BCUT2D eigenvalue weighted by Crippen LogP contribution is -2.13. The number of hydrogen-bond acceptors (Lipinski definition) is 4. The minimum absolute atomic E-state index is 0.133. The van der Waals surface area contributed by atoms with Gasteiger partial charge in [-0.3, -0.25) is 4.79 Å². The standard InChI is InChI=1S/C13H11NO4S/c15-11(14-9-4-2-1-3-5-9)8-19-12-7-6-10(18-12)13(16)17/h1-7H,8H2,(H,14,15)(H,16,17). The highest BCUT2D eigenvalue weighted by atomic mass is 32.2. The Balaban J connectivity index is 1.84. The molecule has 19 heavy (non-hydrogen) atoms. The number of carbonyl (C=O) groups excluding carboxylic acids is 1. The van der Waals surface area contributed by atoms with E-state index in [-0.39, 0.29) is 17.4 Å². The van der Waals surface area contributed by atoms with Crippen molar-refractivity contribution < 1.29 is 19.1 Å². The first-order valence-corrected chi connectivity index (χ1v) is 6.44. The summed E-state index contributed by atoms with van der Waals surface area (Å²) in [6.07, 6.45) is 0. The van der Waals surface area contributed by atoms with Gasteiger partial charge in [-0.2, -0.15) is 0 Å². The molecule has 2 aromatic rings.